The highest BCUT2D eigenvalue weighted by molar-refractivity contribution is 6.35. The van der Waals surface area contributed by atoms with Crippen molar-refractivity contribution in [3.8, 4) is 5.75 Å². The van der Waals surface area contributed by atoms with Crippen LogP contribution in [-0.4, -0.2) is 34.9 Å². The molecule has 162 valence electrons. The summed E-state index contributed by atoms with van der Waals surface area (Å²) in [5.41, 5.74) is 0.150. The van der Waals surface area contributed by atoms with Crippen LogP contribution >= 0.6 is 23.2 Å². The van der Waals surface area contributed by atoms with Gasteiger partial charge in [-0.05, 0) is 57.5 Å². The molecule has 0 aliphatic rings. The van der Waals surface area contributed by atoms with Gasteiger partial charge >= 0.3 is 0 Å². The maximum atomic E-state index is 13.8. The lowest BCUT2D eigenvalue weighted by Crippen LogP contribution is -2.53. The number of ether oxygens (including phenoxy) is 1. The SMILES string of the molecule is CC(C(=O)NC(C)(C)C)N(Cc1ccc(Cl)cc1Cl)C(=O)COc1ccccc1F. The van der Waals surface area contributed by atoms with E-state index in [0.29, 0.717) is 15.6 Å². The summed E-state index contributed by atoms with van der Waals surface area (Å²) in [6, 6.07) is 9.90. The molecule has 0 aliphatic heterocycles. The summed E-state index contributed by atoms with van der Waals surface area (Å²) >= 11 is 12.2. The second-order valence-corrected chi connectivity index (χ2v) is 8.74. The monoisotopic (exact) mass is 454 g/mol. The van der Waals surface area contributed by atoms with Gasteiger partial charge in [0.2, 0.25) is 5.91 Å². The third-order valence-corrected chi connectivity index (χ3v) is 4.80. The van der Waals surface area contributed by atoms with Gasteiger partial charge in [-0.3, -0.25) is 9.59 Å². The van der Waals surface area contributed by atoms with Crippen LogP contribution in [0.5, 0.6) is 5.75 Å². The average Bonchev–Trinajstić information content (AvgIpc) is 2.64. The molecule has 8 heteroatoms. The zero-order chi connectivity index (χ0) is 22.5. The second kappa shape index (κ2) is 10.1. The minimum absolute atomic E-state index is 0.0397. The van der Waals surface area contributed by atoms with Crippen molar-refractivity contribution in [2.45, 2.75) is 45.8 Å². The quantitative estimate of drug-likeness (QED) is 0.650. The van der Waals surface area contributed by atoms with Crippen molar-refractivity contribution in [1.82, 2.24) is 10.2 Å². The van der Waals surface area contributed by atoms with E-state index in [1.807, 2.05) is 20.8 Å². The van der Waals surface area contributed by atoms with E-state index in [-0.39, 0.29) is 18.2 Å². The maximum Gasteiger partial charge on any atom is 0.261 e. The molecule has 2 rings (SSSR count). The van der Waals surface area contributed by atoms with E-state index in [2.05, 4.69) is 5.32 Å². The van der Waals surface area contributed by atoms with Crippen LogP contribution in [0.25, 0.3) is 0 Å². The number of carbonyl (C=O) groups is 2. The number of nitrogens with zero attached hydrogens (tertiary/aromatic N) is 1. The largest absolute Gasteiger partial charge is 0.481 e. The van der Waals surface area contributed by atoms with Crippen LogP contribution in [0.2, 0.25) is 10.0 Å². The third kappa shape index (κ3) is 6.89. The van der Waals surface area contributed by atoms with Crippen molar-refractivity contribution in [3.05, 3.63) is 63.9 Å². The summed E-state index contributed by atoms with van der Waals surface area (Å²) in [6.45, 7) is 6.79. The Bertz CT molecular complexity index is 915. The Labute approximate surface area is 186 Å². The minimum Gasteiger partial charge on any atom is -0.481 e. The van der Waals surface area contributed by atoms with E-state index in [9.17, 15) is 14.0 Å². The van der Waals surface area contributed by atoms with Gasteiger partial charge in [0.15, 0.2) is 18.2 Å². The van der Waals surface area contributed by atoms with E-state index in [1.54, 1.807) is 31.2 Å². The number of para-hydroxylation sites is 1. The summed E-state index contributed by atoms with van der Waals surface area (Å²) in [4.78, 5) is 27.0. The summed E-state index contributed by atoms with van der Waals surface area (Å²) in [6.07, 6.45) is 0. The highest BCUT2D eigenvalue weighted by atomic mass is 35.5. The fourth-order valence-electron chi connectivity index (χ4n) is 2.67. The number of hydrogen-bond acceptors (Lipinski definition) is 3. The second-order valence-electron chi connectivity index (χ2n) is 7.89. The molecule has 1 N–H and O–H groups in total. The van der Waals surface area contributed by atoms with Crippen LogP contribution in [0, 0.1) is 5.82 Å². The molecule has 1 unspecified atom stereocenters. The van der Waals surface area contributed by atoms with Crippen molar-refractivity contribution in [1.29, 1.82) is 0 Å². The topological polar surface area (TPSA) is 58.6 Å². The molecule has 0 bridgehead atoms. The predicted octanol–water partition coefficient (Wildman–Crippen LogP) is 4.84. The number of rotatable bonds is 7. The van der Waals surface area contributed by atoms with E-state index >= 15 is 0 Å². The lowest BCUT2D eigenvalue weighted by Gasteiger charge is -2.31. The normalized spacial score (nSPS) is 12.2. The molecule has 0 fully saturated rings. The number of hydrogen-bond donors (Lipinski definition) is 1. The van der Waals surface area contributed by atoms with E-state index in [0.717, 1.165) is 0 Å². The first-order valence-electron chi connectivity index (χ1n) is 9.40. The van der Waals surface area contributed by atoms with Gasteiger partial charge < -0.3 is 15.0 Å². The van der Waals surface area contributed by atoms with Crippen LogP contribution < -0.4 is 10.1 Å². The van der Waals surface area contributed by atoms with Crippen molar-refractivity contribution in [3.63, 3.8) is 0 Å². The van der Waals surface area contributed by atoms with Gasteiger partial charge in [0.25, 0.3) is 5.91 Å². The molecule has 2 amide bonds. The van der Waals surface area contributed by atoms with E-state index in [4.69, 9.17) is 27.9 Å². The van der Waals surface area contributed by atoms with Gasteiger partial charge in [-0.15, -0.1) is 0 Å². The molecule has 0 heterocycles. The highest BCUT2D eigenvalue weighted by Gasteiger charge is 2.29. The summed E-state index contributed by atoms with van der Waals surface area (Å²) < 4.78 is 19.2. The molecule has 0 aliphatic carbocycles. The average molecular weight is 455 g/mol. The first kappa shape index (κ1) is 24.0. The molecule has 0 saturated carbocycles. The Balaban J connectivity index is 2.23. The summed E-state index contributed by atoms with van der Waals surface area (Å²) in [5, 5.41) is 3.69. The van der Waals surface area contributed by atoms with Crippen LogP contribution in [0.4, 0.5) is 4.39 Å². The highest BCUT2D eigenvalue weighted by Crippen LogP contribution is 2.23. The van der Waals surface area contributed by atoms with Crippen LogP contribution in [0.1, 0.15) is 33.3 Å². The van der Waals surface area contributed by atoms with Gasteiger partial charge in [0.05, 0.1) is 0 Å². The molecular weight excluding hydrogens is 430 g/mol. The van der Waals surface area contributed by atoms with Gasteiger partial charge in [-0.1, -0.05) is 41.4 Å². The van der Waals surface area contributed by atoms with Gasteiger partial charge in [-0.25, -0.2) is 4.39 Å². The molecule has 30 heavy (non-hydrogen) atoms. The number of halogens is 3. The lowest BCUT2D eigenvalue weighted by molar-refractivity contribution is -0.142. The Morgan fingerprint density at radius 3 is 2.43 bits per heavy atom. The molecule has 0 saturated heterocycles. The van der Waals surface area contributed by atoms with Gasteiger partial charge in [0, 0.05) is 22.1 Å². The van der Waals surface area contributed by atoms with Crippen molar-refractivity contribution < 1.29 is 18.7 Å². The zero-order valence-electron chi connectivity index (χ0n) is 17.3. The molecule has 0 spiro atoms. The Morgan fingerprint density at radius 1 is 1.17 bits per heavy atom. The zero-order valence-corrected chi connectivity index (χ0v) is 18.9. The van der Waals surface area contributed by atoms with Crippen LogP contribution in [0.3, 0.4) is 0 Å². The number of carbonyl (C=O) groups excluding carboxylic acids is 2. The predicted molar refractivity (Wildman–Crippen MR) is 116 cm³/mol. The Kier molecular flexibility index (Phi) is 8.10. The fourth-order valence-corrected chi connectivity index (χ4v) is 3.14. The van der Waals surface area contributed by atoms with Crippen molar-refractivity contribution in [2.75, 3.05) is 6.61 Å². The number of amides is 2. The van der Waals surface area contributed by atoms with Crippen LogP contribution in [-0.2, 0) is 16.1 Å². The molecular formula is C22H25Cl2FN2O3. The fraction of sp³-hybridized carbons (Fsp3) is 0.364. The summed E-state index contributed by atoms with van der Waals surface area (Å²) in [7, 11) is 0. The Morgan fingerprint density at radius 2 is 1.83 bits per heavy atom. The van der Waals surface area contributed by atoms with Crippen molar-refractivity contribution >= 4 is 35.0 Å². The van der Waals surface area contributed by atoms with Crippen molar-refractivity contribution in [2.24, 2.45) is 0 Å². The smallest absolute Gasteiger partial charge is 0.261 e. The standard InChI is InChI=1S/C22H25Cl2FN2O3/c1-14(21(29)26-22(2,3)4)27(12-15-9-10-16(23)11-17(15)24)20(28)13-30-19-8-6-5-7-18(19)25/h5-11,14H,12-13H2,1-4H3,(H,26,29). The number of nitrogens with one attached hydrogen (secondary N) is 1. The van der Waals surface area contributed by atoms with Crippen LogP contribution in [0.15, 0.2) is 42.5 Å². The molecule has 0 aromatic heterocycles. The van der Waals surface area contributed by atoms with E-state index in [1.165, 1.54) is 23.1 Å². The molecule has 5 nitrogen and oxygen atoms in total. The van der Waals surface area contributed by atoms with E-state index < -0.39 is 29.9 Å². The van der Waals surface area contributed by atoms with Gasteiger partial charge in [-0.2, -0.15) is 0 Å². The molecule has 1 atom stereocenters. The Hall–Kier alpha value is -2.31. The number of benzene rings is 2. The molecule has 0 radical (unpaired) electrons. The molecule has 2 aromatic rings. The summed E-state index contributed by atoms with van der Waals surface area (Å²) in [5.74, 6) is -1.43. The minimum atomic E-state index is -0.812. The first-order chi connectivity index (χ1) is 14.0. The molecule has 2 aromatic carbocycles. The lowest BCUT2D eigenvalue weighted by atomic mass is 10.1. The first-order valence-corrected chi connectivity index (χ1v) is 10.2. The maximum absolute atomic E-state index is 13.8. The van der Waals surface area contributed by atoms with Gasteiger partial charge in [0.1, 0.15) is 6.04 Å². The third-order valence-electron chi connectivity index (χ3n) is 4.21.